The van der Waals surface area contributed by atoms with Crippen LogP contribution in [0, 0.1) is 5.92 Å². The molecule has 0 aromatic rings. The zero-order chi connectivity index (χ0) is 15.1. The van der Waals surface area contributed by atoms with E-state index < -0.39 is 0 Å². The van der Waals surface area contributed by atoms with Crippen molar-refractivity contribution in [3.8, 4) is 0 Å². The molecule has 1 amide bonds. The third kappa shape index (κ3) is 5.38. The summed E-state index contributed by atoms with van der Waals surface area (Å²) in [4.78, 5) is 16.8. The number of carbonyl (C=O) groups is 1. The highest BCUT2D eigenvalue weighted by atomic mass is 16.2. The second kappa shape index (κ2) is 8.60. The molecular formula is C15H32N4O. The second-order valence-corrected chi connectivity index (χ2v) is 6.29. The van der Waals surface area contributed by atoms with Crippen LogP contribution in [-0.4, -0.2) is 67.6 Å². The molecule has 0 saturated carbocycles. The molecule has 1 rings (SSSR count). The smallest absolute Gasteiger partial charge is 0.236 e. The average Bonchev–Trinajstić information content (AvgIpc) is 2.40. The zero-order valence-corrected chi connectivity index (χ0v) is 13.6. The molecule has 1 unspecified atom stereocenters. The number of hydrogen-bond donors (Lipinski definition) is 2. The molecule has 1 aliphatic rings. The highest BCUT2D eigenvalue weighted by Gasteiger charge is 2.25. The molecule has 0 spiro atoms. The molecule has 0 aromatic carbocycles. The van der Waals surface area contributed by atoms with Gasteiger partial charge in [-0.05, 0) is 19.4 Å². The summed E-state index contributed by atoms with van der Waals surface area (Å²) in [5.41, 5.74) is 5.85. The van der Waals surface area contributed by atoms with E-state index in [1.165, 1.54) is 0 Å². The molecule has 1 aliphatic heterocycles. The van der Waals surface area contributed by atoms with Gasteiger partial charge in [-0.25, -0.2) is 0 Å². The van der Waals surface area contributed by atoms with Crippen molar-refractivity contribution in [3.63, 3.8) is 0 Å². The highest BCUT2D eigenvalue weighted by Crippen LogP contribution is 2.13. The molecule has 3 N–H and O–H groups in total. The Morgan fingerprint density at radius 1 is 1.25 bits per heavy atom. The monoisotopic (exact) mass is 284 g/mol. The Morgan fingerprint density at radius 3 is 2.35 bits per heavy atom. The Labute approximate surface area is 123 Å². The SMILES string of the molecule is CCC[C@@H](N)C(=O)NCC(C(C)C)N1CCN(C)CC1. The highest BCUT2D eigenvalue weighted by molar-refractivity contribution is 5.81. The predicted molar refractivity (Wildman–Crippen MR) is 83.6 cm³/mol. The predicted octanol–water partition coefficient (Wildman–Crippen LogP) is 0.502. The van der Waals surface area contributed by atoms with Gasteiger partial charge in [0.25, 0.3) is 0 Å². The number of carbonyl (C=O) groups excluding carboxylic acids is 1. The first-order chi connectivity index (χ1) is 9.45. The van der Waals surface area contributed by atoms with Gasteiger partial charge in [0, 0.05) is 38.8 Å². The molecule has 0 aromatic heterocycles. The van der Waals surface area contributed by atoms with Crippen LogP contribution in [0.2, 0.25) is 0 Å². The van der Waals surface area contributed by atoms with E-state index in [1.54, 1.807) is 0 Å². The van der Waals surface area contributed by atoms with E-state index in [4.69, 9.17) is 5.73 Å². The number of piperazine rings is 1. The summed E-state index contributed by atoms with van der Waals surface area (Å²) in [6, 6.07) is 0.0433. The Balaban J connectivity index is 2.45. The first-order valence-electron chi connectivity index (χ1n) is 7.91. The third-order valence-electron chi connectivity index (χ3n) is 4.20. The van der Waals surface area contributed by atoms with E-state index in [1.807, 2.05) is 6.92 Å². The Kier molecular flexibility index (Phi) is 7.48. The van der Waals surface area contributed by atoms with E-state index in [0.717, 1.165) is 39.0 Å². The van der Waals surface area contributed by atoms with Gasteiger partial charge in [0.2, 0.25) is 5.91 Å². The number of likely N-dealkylation sites (N-methyl/N-ethyl adjacent to an activating group) is 1. The van der Waals surface area contributed by atoms with Crippen molar-refractivity contribution < 1.29 is 4.79 Å². The lowest BCUT2D eigenvalue weighted by molar-refractivity contribution is -0.122. The minimum Gasteiger partial charge on any atom is -0.353 e. The van der Waals surface area contributed by atoms with Gasteiger partial charge in [-0.1, -0.05) is 27.2 Å². The molecule has 5 nitrogen and oxygen atoms in total. The van der Waals surface area contributed by atoms with Crippen molar-refractivity contribution in [2.75, 3.05) is 39.8 Å². The lowest BCUT2D eigenvalue weighted by Gasteiger charge is -2.40. The van der Waals surface area contributed by atoms with Crippen molar-refractivity contribution in [1.29, 1.82) is 0 Å². The zero-order valence-electron chi connectivity index (χ0n) is 13.6. The molecular weight excluding hydrogens is 252 g/mol. The Hall–Kier alpha value is -0.650. The summed E-state index contributed by atoms with van der Waals surface area (Å²) in [5, 5.41) is 3.04. The Morgan fingerprint density at radius 2 is 1.85 bits per heavy atom. The van der Waals surface area contributed by atoms with Crippen molar-refractivity contribution in [2.24, 2.45) is 11.7 Å². The van der Waals surface area contributed by atoms with Crippen LogP contribution in [0.3, 0.4) is 0 Å². The minimum absolute atomic E-state index is 0.00775. The van der Waals surface area contributed by atoms with Crippen LogP contribution in [0.15, 0.2) is 0 Å². The van der Waals surface area contributed by atoms with E-state index >= 15 is 0 Å². The van der Waals surface area contributed by atoms with Crippen molar-refractivity contribution in [2.45, 2.75) is 45.7 Å². The van der Waals surface area contributed by atoms with Crippen molar-refractivity contribution in [1.82, 2.24) is 15.1 Å². The number of hydrogen-bond acceptors (Lipinski definition) is 4. The summed E-state index contributed by atoms with van der Waals surface area (Å²) >= 11 is 0. The maximum atomic E-state index is 11.9. The number of nitrogens with one attached hydrogen (secondary N) is 1. The van der Waals surface area contributed by atoms with E-state index in [9.17, 15) is 4.79 Å². The van der Waals surface area contributed by atoms with E-state index in [-0.39, 0.29) is 11.9 Å². The molecule has 0 aliphatic carbocycles. The minimum atomic E-state index is -0.361. The van der Waals surface area contributed by atoms with Gasteiger partial charge in [-0.15, -0.1) is 0 Å². The largest absolute Gasteiger partial charge is 0.353 e. The molecule has 20 heavy (non-hydrogen) atoms. The van der Waals surface area contributed by atoms with Gasteiger partial charge in [0.05, 0.1) is 6.04 Å². The fraction of sp³-hybridized carbons (Fsp3) is 0.933. The second-order valence-electron chi connectivity index (χ2n) is 6.29. The maximum Gasteiger partial charge on any atom is 0.236 e. The number of nitrogens with two attached hydrogens (primary N) is 1. The van der Waals surface area contributed by atoms with Gasteiger partial charge < -0.3 is 16.0 Å². The van der Waals surface area contributed by atoms with Crippen LogP contribution in [0.5, 0.6) is 0 Å². The molecule has 0 bridgehead atoms. The Bertz CT molecular complexity index is 288. The van der Waals surface area contributed by atoms with Crippen LogP contribution in [0.1, 0.15) is 33.6 Å². The lowest BCUT2D eigenvalue weighted by atomic mass is 10.0. The van der Waals surface area contributed by atoms with Crippen molar-refractivity contribution in [3.05, 3.63) is 0 Å². The van der Waals surface area contributed by atoms with E-state index in [0.29, 0.717) is 18.5 Å². The number of nitrogens with zero attached hydrogens (tertiary/aromatic N) is 2. The molecule has 2 atom stereocenters. The van der Waals surface area contributed by atoms with Crippen LogP contribution in [-0.2, 0) is 4.79 Å². The van der Waals surface area contributed by atoms with Gasteiger partial charge in [0.1, 0.15) is 0 Å². The maximum absolute atomic E-state index is 11.9. The lowest BCUT2D eigenvalue weighted by Crippen LogP contribution is -2.55. The normalized spacial score (nSPS) is 20.9. The first kappa shape index (κ1) is 17.4. The topological polar surface area (TPSA) is 61.6 Å². The summed E-state index contributed by atoms with van der Waals surface area (Å²) in [6.07, 6.45) is 1.70. The molecule has 1 heterocycles. The fourth-order valence-electron chi connectivity index (χ4n) is 2.72. The van der Waals surface area contributed by atoms with Gasteiger partial charge >= 0.3 is 0 Å². The van der Waals surface area contributed by atoms with Gasteiger partial charge in [-0.2, -0.15) is 0 Å². The average molecular weight is 284 g/mol. The quantitative estimate of drug-likeness (QED) is 0.715. The molecule has 1 fully saturated rings. The summed E-state index contributed by atoms with van der Waals surface area (Å²) < 4.78 is 0. The van der Waals surface area contributed by atoms with Crippen LogP contribution >= 0.6 is 0 Å². The van der Waals surface area contributed by atoms with E-state index in [2.05, 4.69) is 36.0 Å². The summed E-state index contributed by atoms with van der Waals surface area (Å²) in [7, 11) is 2.16. The number of rotatable bonds is 7. The van der Waals surface area contributed by atoms with Crippen LogP contribution in [0.4, 0.5) is 0 Å². The standard InChI is InChI=1S/C15H32N4O/c1-5-6-13(16)15(20)17-11-14(12(2)3)19-9-7-18(4)8-10-19/h12-14H,5-11,16H2,1-4H3,(H,17,20)/t13-,14?/m1/s1. The van der Waals surface area contributed by atoms with Crippen LogP contribution < -0.4 is 11.1 Å². The summed E-state index contributed by atoms with van der Waals surface area (Å²) in [5.74, 6) is 0.521. The molecule has 5 heteroatoms. The van der Waals surface area contributed by atoms with Gasteiger partial charge in [-0.3, -0.25) is 9.69 Å². The molecule has 0 radical (unpaired) electrons. The fourth-order valence-corrected chi connectivity index (χ4v) is 2.72. The van der Waals surface area contributed by atoms with Gasteiger partial charge in [0.15, 0.2) is 0 Å². The summed E-state index contributed by atoms with van der Waals surface area (Å²) in [6.45, 7) is 11.6. The van der Waals surface area contributed by atoms with Crippen molar-refractivity contribution >= 4 is 5.91 Å². The molecule has 1 saturated heterocycles. The number of amides is 1. The third-order valence-corrected chi connectivity index (χ3v) is 4.20. The van der Waals surface area contributed by atoms with Crippen LogP contribution in [0.25, 0.3) is 0 Å². The first-order valence-corrected chi connectivity index (χ1v) is 7.91. The molecule has 118 valence electrons.